The van der Waals surface area contributed by atoms with E-state index in [0.717, 1.165) is 28.3 Å². The first-order valence-corrected chi connectivity index (χ1v) is 8.18. The number of carbonyl (C=O) groups is 1. The predicted molar refractivity (Wildman–Crippen MR) is 93.4 cm³/mol. The van der Waals surface area contributed by atoms with Gasteiger partial charge in [0.2, 0.25) is 5.91 Å². The van der Waals surface area contributed by atoms with Crippen molar-refractivity contribution in [1.29, 1.82) is 0 Å². The Morgan fingerprint density at radius 3 is 2.92 bits per heavy atom. The van der Waals surface area contributed by atoms with Crippen molar-refractivity contribution in [3.63, 3.8) is 0 Å². The van der Waals surface area contributed by atoms with E-state index in [4.69, 9.17) is 4.42 Å². The van der Waals surface area contributed by atoms with Gasteiger partial charge in [0.1, 0.15) is 11.5 Å². The zero-order valence-electron chi connectivity index (χ0n) is 14.1. The fourth-order valence-electron chi connectivity index (χ4n) is 2.44. The van der Waals surface area contributed by atoms with Gasteiger partial charge in [0.05, 0.1) is 6.20 Å². The standard InChI is InChI=1S/C18H21N5O2/c1-13-4-5-16(25-13)18-15(12-22-23-18)11-20-8-6-17(24)21-10-14-3-2-7-19-9-14/h2-5,7,9,12,20H,6,8,10-11H2,1H3,(H,21,24)(H,22,23). The molecule has 0 bridgehead atoms. The lowest BCUT2D eigenvalue weighted by Gasteiger charge is -2.06. The molecular weight excluding hydrogens is 318 g/mol. The first kappa shape index (κ1) is 16.9. The Morgan fingerprint density at radius 1 is 1.24 bits per heavy atom. The van der Waals surface area contributed by atoms with Gasteiger partial charge >= 0.3 is 0 Å². The molecule has 0 saturated heterocycles. The minimum absolute atomic E-state index is 0.00503. The van der Waals surface area contributed by atoms with E-state index in [-0.39, 0.29) is 5.91 Å². The second-order valence-corrected chi connectivity index (χ2v) is 5.75. The average Bonchev–Trinajstić information content (AvgIpc) is 3.26. The summed E-state index contributed by atoms with van der Waals surface area (Å²) < 4.78 is 5.62. The smallest absolute Gasteiger partial charge is 0.221 e. The number of hydrogen-bond acceptors (Lipinski definition) is 5. The maximum atomic E-state index is 11.9. The molecule has 3 aromatic heterocycles. The fourth-order valence-corrected chi connectivity index (χ4v) is 2.44. The van der Waals surface area contributed by atoms with Crippen LogP contribution in [0, 0.1) is 6.92 Å². The Kier molecular flexibility index (Phi) is 5.58. The number of aromatic amines is 1. The lowest BCUT2D eigenvalue weighted by atomic mass is 10.2. The van der Waals surface area contributed by atoms with Gasteiger partial charge in [0.25, 0.3) is 0 Å². The molecule has 3 rings (SSSR count). The molecule has 7 heteroatoms. The molecule has 7 nitrogen and oxygen atoms in total. The third kappa shape index (κ3) is 4.77. The predicted octanol–water partition coefficient (Wildman–Crippen LogP) is 2.17. The molecule has 0 radical (unpaired) electrons. The van der Waals surface area contributed by atoms with E-state index in [0.29, 0.717) is 26.1 Å². The number of hydrogen-bond donors (Lipinski definition) is 3. The third-order valence-corrected chi connectivity index (χ3v) is 3.76. The number of rotatable bonds is 8. The Bertz CT molecular complexity index is 810. The van der Waals surface area contributed by atoms with Crippen molar-refractivity contribution in [3.8, 4) is 11.5 Å². The molecule has 0 saturated carbocycles. The number of H-pyrrole nitrogens is 1. The highest BCUT2D eigenvalue weighted by atomic mass is 16.3. The van der Waals surface area contributed by atoms with Crippen LogP contribution in [0.2, 0.25) is 0 Å². The fraction of sp³-hybridized carbons (Fsp3) is 0.278. The van der Waals surface area contributed by atoms with Crippen molar-refractivity contribution in [2.45, 2.75) is 26.4 Å². The van der Waals surface area contributed by atoms with Crippen LogP contribution in [0.25, 0.3) is 11.5 Å². The summed E-state index contributed by atoms with van der Waals surface area (Å²) in [5, 5.41) is 13.2. The Labute approximate surface area is 145 Å². The maximum absolute atomic E-state index is 11.9. The molecule has 0 aromatic carbocycles. The van der Waals surface area contributed by atoms with Crippen LogP contribution < -0.4 is 10.6 Å². The normalized spacial score (nSPS) is 10.8. The van der Waals surface area contributed by atoms with E-state index in [1.165, 1.54) is 0 Å². The number of nitrogens with one attached hydrogen (secondary N) is 3. The number of aromatic nitrogens is 3. The van der Waals surface area contributed by atoms with E-state index in [9.17, 15) is 4.79 Å². The molecule has 3 aromatic rings. The van der Waals surface area contributed by atoms with Gasteiger partial charge in [0.15, 0.2) is 5.76 Å². The lowest BCUT2D eigenvalue weighted by molar-refractivity contribution is -0.121. The van der Waals surface area contributed by atoms with Crippen LogP contribution in [-0.2, 0) is 17.9 Å². The molecule has 25 heavy (non-hydrogen) atoms. The van der Waals surface area contributed by atoms with Crippen molar-refractivity contribution in [2.75, 3.05) is 6.54 Å². The van der Waals surface area contributed by atoms with Crippen LogP contribution in [0.5, 0.6) is 0 Å². The van der Waals surface area contributed by atoms with Gasteiger partial charge in [-0.2, -0.15) is 5.10 Å². The molecule has 0 aliphatic rings. The third-order valence-electron chi connectivity index (χ3n) is 3.76. The van der Waals surface area contributed by atoms with Crippen LogP contribution in [0.4, 0.5) is 0 Å². The van der Waals surface area contributed by atoms with Gasteiger partial charge in [-0.3, -0.25) is 14.9 Å². The molecule has 130 valence electrons. The topological polar surface area (TPSA) is 95.8 Å². The summed E-state index contributed by atoms with van der Waals surface area (Å²) in [7, 11) is 0. The lowest BCUT2D eigenvalue weighted by Crippen LogP contribution is -2.27. The number of carbonyl (C=O) groups excluding carboxylic acids is 1. The zero-order valence-corrected chi connectivity index (χ0v) is 14.1. The summed E-state index contributed by atoms with van der Waals surface area (Å²) in [5.74, 6) is 1.63. The van der Waals surface area contributed by atoms with Gasteiger partial charge in [-0.15, -0.1) is 0 Å². The second-order valence-electron chi connectivity index (χ2n) is 5.75. The zero-order chi connectivity index (χ0) is 17.5. The summed E-state index contributed by atoms with van der Waals surface area (Å²) in [4.78, 5) is 15.9. The monoisotopic (exact) mass is 339 g/mol. The second kappa shape index (κ2) is 8.25. The number of furan rings is 1. The van der Waals surface area contributed by atoms with Crippen LogP contribution in [0.15, 0.2) is 47.3 Å². The highest BCUT2D eigenvalue weighted by Gasteiger charge is 2.11. The van der Waals surface area contributed by atoms with Gasteiger partial charge in [-0.05, 0) is 30.7 Å². The molecule has 0 spiro atoms. The molecule has 0 atom stereocenters. The number of nitrogens with zero attached hydrogens (tertiary/aromatic N) is 2. The van der Waals surface area contributed by atoms with Crippen molar-refractivity contribution >= 4 is 5.91 Å². The number of aryl methyl sites for hydroxylation is 1. The molecule has 0 aliphatic carbocycles. The Morgan fingerprint density at radius 2 is 2.16 bits per heavy atom. The Balaban J connectivity index is 1.40. The van der Waals surface area contributed by atoms with Crippen LogP contribution >= 0.6 is 0 Å². The maximum Gasteiger partial charge on any atom is 0.221 e. The molecule has 3 N–H and O–H groups in total. The summed E-state index contributed by atoms with van der Waals surface area (Å²) in [6.07, 6.45) is 5.63. The van der Waals surface area contributed by atoms with Gasteiger partial charge in [-0.1, -0.05) is 6.07 Å². The summed E-state index contributed by atoms with van der Waals surface area (Å²) in [6.45, 7) is 3.60. The van der Waals surface area contributed by atoms with Gasteiger partial charge in [-0.25, -0.2) is 0 Å². The van der Waals surface area contributed by atoms with Gasteiger partial charge in [0, 0.05) is 44.0 Å². The summed E-state index contributed by atoms with van der Waals surface area (Å²) in [6, 6.07) is 7.62. The molecule has 0 unspecified atom stereocenters. The summed E-state index contributed by atoms with van der Waals surface area (Å²) in [5.41, 5.74) is 2.85. The highest BCUT2D eigenvalue weighted by Crippen LogP contribution is 2.23. The van der Waals surface area contributed by atoms with Crippen molar-refractivity contribution < 1.29 is 9.21 Å². The molecule has 0 fully saturated rings. The van der Waals surface area contributed by atoms with E-state index in [2.05, 4.69) is 25.8 Å². The molecule has 0 aliphatic heterocycles. The van der Waals surface area contributed by atoms with E-state index in [1.54, 1.807) is 18.6 Å². The van der Waals surface area contributed by atoms with Crippen molar-refractivity contribution in [2.24, 2.45) is 0 Å². The van der Waals surface area contributed by atoms with E-state index < -0.39 is 0 Å². The summed E-state index contributed by atoms with van der Waals surface area (Å²) >= 11 is 0. The molecular formula is C18H21N5O2. The highest BCUT2D eigenvalue weighted by molar-refractivity contribution is 5.76. The molecule has 1 amide bonds. The average molecular weight is 339 g/mol. The van der Waals surface area contributed by atoms with E-state index >= 15 is 0 Å². The van der Waals surface area contributed by atoms with Crippen LogP contribution in [0.3, 0.4) is 0 Å². The van der Waals surface area contributed by atoms with Crippen molar-refractivity contribution in [1.82, 2.24) is 25.8 Å². The quantitative estimate of drug-likeness (QED) is 0.547. The van der Waals surface area contributed by atoms with E-state index in [1.807, 2.05) is 31.2 Å². The van der Waals surface area contributed by atoms with Crippen LogP contribution in [-0.4, -0.2) is 27.6 Å². The first-order valence-electron chi connectivity index (χ1n) is 8.18. The largest absolute Gasteiger partial charge is 0.460 e. The first-order chi connectivity index (χ1) is 12.2. The van der Waals surface area contributed by atoms with Crippen molar-refractivity contribution in [3.05, 3.63) is 59.7 Å². The number of amides is 1. The minimum atomic E-state index is 0.00503. The number of pyridine rings is 1. The van der Waals surface area contributed by atoms with Crippen LogP contribution in [0.1, 0.15) is 23.3 Å². The molecule has 3 heterocycles. The SMILES string of the molecule is Cc1ccc(-c2[nH]ncc2CNCCC(=O)NCc2cccnc2)o1. The minimum Gasteiger partial charge on any atom is -0.460 e. The van der Waals surface area contributed by atoms with Gasteiger partial charge < -0.3 is 15.1 Å². The Hall–Kier alpha value is -2.93.